The lowest BCUT2D eigenvalue weighted by Gasteiger charge is -2.29. The first kappa shape index (κ1) is 18.5. The molecule has 0 saturated carbocycles. The summed E-state index contributed by atoms with van der Waals surface area (Å²) in [7, 11) is 2.08. The van der Waals surface area contributed by atoms with E-state index in [2.05, 4.69) is 23.0 Å². The van der Waals surface area contributed by atoms with Crippen molar-refractivity contribution in [2.45, 2.75) is 37.8 Å². The minimum atomic E-state index is -1.03. The molecular formula is C22H24ClFN2O. The van der Waals surface area contributed by atoms with E-state index in [-0.39, 0.29) is 11.7 Å². The lowest BCUT2D eigenvalue weighted by molar-refractivity contribution is 0.0384. The molecule has 0 bridgehead atoms. The maximum absolute atomic E-state index is 13.3. The number of hydrogen-bond acceptors (Lipinski definition) is 2. The molecule has 27 heavy (non-hydrogen) atoms. The van der Waals surface area contributed by atoms with Crippen molar-refractivity contribution in [3.05, 3.63) is 70.1 Å². The van der Waals surface area contributed by atoms with Gasteiger partial charge in [-0.05, 0) is 67.8 Å². The number of rotatable bonds is 3. The van der Waals surface area contributed by atoms with Crippen LogP contribution in [0.1, 0.15) is 42.5 Å². The molecule has 3 nitrogen and oxygen atoms in total. The zero-order valence-electron chi connectivity index (χ0n) is 15.6. The molecule has 2 atom stereocenters. The van der Waals surface area contributed by atoms with Crippen molar-refractivity contribution in [1.82, 2.24) is 9.88 Å². The Labute approximate surface area is 163 Å². The summed E-state index contributed by atoms with van der Waals surface area (Å²) in [5.41, 5.74) is 3.37. The molecule has 1 aromatic heterocycles. The van der Waals surface area contributed by atoms with E-state index >= 15 is 0 Å². The number of aromatic nitrogens is 1. The van der Waals surface area contributed by atoms with Gasteiger partial charge in [-0.2, -0.15) is 0 Å². The van der Waals surface area contributed by atoms with Gasteiger partial charge in [0.25, 0.3) is 0 Å². The summed E-state index contributed by atoms with van der Waals surface area (Å²) in [6.07, 6.45) is 1.51. The van der Waals surface area contributed by atoms with E-state index in [4.69, 9.17) is 11.6 Å². The predicted octanol–water partition coefficient (Wildman–Crippen LogP) is 4.85. The van der Waals surface area contributed by atoms with Crippen LogP contribution in [0.25, 0.3) is 10.9 Å². The largest absolute Gasteiger partial charge is 0.385 e. The Morgan fingerprint density at radius 2 is 2.00 bits per heavy atom. The first-order valence-electron chi connectivity index (χ1n) is 9.32. The van der Waals surface area contributed by atoms with Gasteiger partial charge in [0.1, 0.15) is 5.82 Å². The number of nitrogens with zero attached hydrogens (tertiary/aromatic N) is 1. The van der Waals surface area contributed by atoms with E-state index in [1.807, 2.05) is 19.1 Å². The Balaban J connectivity index is 1.76. The summed E-state index contributed by atoms with van der Waals surface area (Å²) in [6, 6.07) is 12.2. The van der Waals surface area contributed by atoms with E-state index in [1.165, 1.54) is 28.8 Å². The monoisotopic (exact) mass is 386 g/mol. The normalized spacial score (nSPS) is 19.5. The quantitative estimate of drug-likeness (QED) is 0.675. The van der Waals surface area contributed by atoms with Gasteiger partial charge in [0.15, 0.2) is 0 Å². The van der Waals surface area contributed by atoms with Gasteiger partial charge in [-0.25, -0.2) is 4.39 Å². The number of nitrogens with one attached hydrogen (secondary N) is 1. The molecule has 1 aliphatic rings. The average Bonchev–Trinajstić information content (AvgIpc) is 2.77. The summed E-state index contributed by atoms with van der Waals surface area (Å²) < 4.78 is 15.5. The minimum absolute atomic E-state index is 0.186. The fraction of sp³-hybridized carbons (Fsp3) is 0.364. The van der Waals surface area contributed by atoms with Gasteiger partial charge >= 0.3 is 0 Å². The van der Waals surface area contributed by atoms with E-state index in [1.54, 1.807) is 12.1 Å². The first-order valence-corrected chi connectivity index (χ1v) is 9.70. The first-order chi connectivity index (χ1) is 12.9. The van der Waals surface area contributed by atoms with Crippen LogP contribution >= 0.6 is 11.6 Å². The van der Waals surface area contributed by atoms with Crippen LogP contribution in [0.15, 0.2) is 42.5 Å². The zero-order valence-corrected chi connectivity index (χ0v) is 16.4. The van der Waals surface area contributed by atoms with Crippen molar-refractivity contribution in [3.8, 4) is 0 Å². The Hall–Kier alpha value is -1.88. The lowest BCUT2D eigenvalue weighted by Crippen LogP contribution is -2.26. The highest BCUT2D eigenvalue weighted by molar-refractivity contribution is 6.31. The maximum atomic E-state index is 13.3. The Morgan fingerprint density at radius 3 is 2.74 bits per heavy atom. The summed E-state index contributed by atoms with van der Waals surface area (Å²) in [6.45, 7) is 3.50. The van der Waals surface area contributed by atoms with E-state index in [0.717, 1.165) is 35.6 Å². The number of halogens is 2. The molecule has 5 heteroatoms. The summed E-state index contributed by atoms with van der Waals surface area (Å²) in [5, 5.41) is 16.6. The molecule has 2 heterocycles. The molecule has 142 valence electrons. The van der Waals surface area contributed by atoms with Crippen LogP contribution < -0.4 is 5.32 Å². The number of aryl methyl sites for hydroxylation is 1. The zero-order chi connectivity index (χ0) is 19.2. The number of hydrogen-bond donors (Lipinski definition) is 2. The second kappa shape index (κ2) is 6.93. The molecule has 0 radical (unpaired) electrons. The van der Waals surface area contributed by atoms with Crippen molar-refractivity contribution in [2.24, 2.45) is 7.05 Å². The predicted molar refractivity (Wildman–Crippen MR) is 108 cm³/mol. The van der Waals surface area contributed by atoms with Crippen molar-refractivity contribution in [2.75, 3.05) is 6.54 Å². The van der Waals surface area contributed by atoms with Gasteiger partial charge < -0.3 is 15.0 Å². The van der Waals surface area contributed by atoms with Crippen LogP contribution in [-0.2, 0) is 19.2 Å². The van der Waals surface area contributed by atoms with Gasteiger partial charge in [0.05, 0.1) is 5.60 Å². The molecule has 0 saturated heterocycles. The van der Waals surface area contributed by atoms with Crippen molar-refractivity contribution in [1.29, 1.82) is 0 Å². The maximum Gasteiger partial charge on any atom is 0.123 e. The molecule has 2 unspecified atom stereocenters. The Kier molecular flexibility index (Phi) is 4.75. The van der Waals surface area contributed by atoms with E-state index < -0.39 is 5.60 Å². The van der Waals surface area contributed by atoms with Crippen molar-refractivity contribution >= 4 is 22.5 Å². The van der Waals surface area contributed by atoms with Gasteiger partial charge in [-0.15, -0.1) is 0 Å². The molecule has 0 fully saturated rings. The Morgan fingerprint density at radius 1 is 1.26 bits per heavy atom. The third kappa shape index (κ3) is 3.38. The van der Waals surface area contributed by atoms with Gasteiger partial charge in [0.2, 0.25) is 0 Å². The molecule has 2 aromatic carbocycles. The highest BCUT2D eigenvalue weighted by Gasteiger charge is 2.32. The Bertz CT molecular complexity index is 978. The van der Waals surface area contributed by atoms with Crippen LogP contribution in [0.3, 0.4) is 0 Å². The topological polar surface area (TPSA) is 37.2 Å². The SMILES string of the molecule is Cn1c2c(c3cc(Cl)ccc31)CNCCC2CC(C)(O)c1ccc(F)cc1. The summed E-state index contributed by atoms with van der Waals surface area (Å²) >= 11 is 6.25. The lowest BCUT2D eigenvalue weighted by atomic mass is 9.82. The fourth-order valence-electron chi connectivity index (χ4n) is 4.45. The highest BCUT2D eigenvalue weighted by Crippen LogP contribution is 2.41. The molecule has 0 spiro atoms. The molecule has 3 aromatic rings. The smallest absolute Gasteiger partial charge is 0.123 e. The van der Waals surface area contributed by atoms with Crippen LogP contribution in [-0.4, -0.2) is 16.2 Å². The number of fused-ring (bicyclic) bond motifs is 3. The minimum Gasteiger partial charge on any atom is -0.385 e. The molecule has 2 N–H and O–H groups in total. The molecule has 4 rings (SSSR count). The standard InChI is InChI=1S/C22H24ClFN2O/c1-22(27,15-3-6-17(24)7-4-15)12-14-9-10-25-13-19-18-11-16(23)5-8-20(18)26(2)21(14)19/h3-8,11,14,25,27H,9-10,12-13H2,1-2H3. The van der Waals surface area contributed by atoms with Gasteiger partial charge in [-0.1, -0.05) is 23.7 Å². The van der Waals surface area contributed by atoms with Crippen LogP contribution in [0.2, 0.25) is 5.02 Å². The second-order valence-corrected chi connectivity index (χ2v) is 8.17. The second-order valence-electron chi connectivity index (χ2n) is 7.73. The molecule has 0 amide bonds. The highest BCUT2D eigenvalue weighted by atomic mass is 35.5. The summed E-state index contributed by atoms with van der Waals surface area (Å²) in [4.78, 5) is 0. The number of aliphatic hydroxyl groups is 1. The van der Waals surface area contributed by atoms with Crippen LogP contribution in [0, 0.1) is 5.82 Å². The third-order valence-corrected chi connectivity index (χ3v) is 6.02. The fourth-order valence-corrected chi connectivity index (χ4v) is 4.62. The number of benzene rings is 2. The van der Waals surface area contributed by atoms with Crippen molar-refractivity contribution in [3.63, 3.8) is 0 Å². The third-order valence-electron chi connectivity index (χ3n) is 5.78. The van der Waals surface area contributed by atoms with Crippen LogP contribution in [0.5, 0.6) is 0 Å². The van der Waals surface area contributed by atoms with Gasteiger partial charge in [-0.3, -0.25) is 0 Å². The molecule has 1 aliphatic heterocycles. The van der Waals surface area contributed by atoms with Crippen molar-refractivity contribution < 1.29 is 9.50 Å². The van der Waals surface area contributed by atoms with E-state index in [9.17, 15) is 9.50 Å². The molecule has 0 aliphatic carbocycles. The van der Waals surface area contributed by atoms with Crippen LogP contribution in [0.4, 0.5) is 4.39 Å². The van der Waals surface area contributed by atoms with Gasteiger partial charge in [0, 0.05) is 41.1 Å². The molecular weight excluding hydrogens is 363 g/mol. The van der Waals surface area contributed by atoms with E-state index in [0.29, 0.717) is 6.42 Å². The summed E-state index contributed by atoms with van der Waals surface area (Å²) in [5.74, 6) is -0.104. The average molecular weight is 387 g/mol.